The van der Waals surface area contributed by atoms with E-state index in [9.17, 15) is 9.59 Å². The number of hydrogen-bond acceptors (Lipinski definition) is 7. The Labute approximate surface area is 261 Å². The lowest BCUT2D eigenvalue weighted by molar-refractivity contribution is -0.253. The molecule has 0 aromatic heterocycles. The molecule has 6 aliphatic rings. The number of amides is 1. The number of esters is 1. The molecule has 240 valence electrons. The van der Waals surface area contributed by atoms with Crippen molar-refractivity contribution in [3.05, 3.63) is 42.0 Å². The van der Waals surface area contributed by atoms with Gasteiger partial charge in [-0.25, -0.2) is 4.79 Å². The quantitative estimate of drug-likeness (QED) is 0.225. The van der Waals surface area contributed by atoms with E-state index in [1.807, 2.05) is 30.3 Å². The van der Waals surface area contributed by atoms with Crippen LogP contribution in [0.5, 0.6) is 0 Å². The molecule has 1 N–H and O–H groups in total. The van der Waals surface area contributed by atoms with Crippen molar-refractivity contribution in [3.63, 3.8) is 0 Å². The van der Waals surface area contributed by atoms with Crippen molar-refractivity contribution in [3.8, 4) is 0 Å². The van der Waals surface area contributed by atoms with Gasteiger partial charge in [0.1, 0.15) is 18.3 Å². The summed E-state index contributed by atoms with van der Waals surface area (Å²) in [6.45, 7) is 14.4. The summed E-state index contributed by atoms with van der Waals surface area (Å²) in [5.74, 6) is 1.32. The average Bonchev–Trinajstić information content (AvgIpc) is 3.71. The molecule has 3 saturated carbocycles. The molecule has 0 bridgehead atoms. The van der Waals surface area contributed by atoms with Crippen LogP contribution in [-0.4, -0.2) is 56.0 Å². The van der Waals surface area contributed by atoms with Gasteiger partial charge in [0.05, 0.1) is 19.3 Å². The van der Waals surface area contributed by atoms with E-state index in [-0.39, 0.29) is 64.8 Å². The van der Waals surface area contributed by atoms with Gasteiger partial charge in [-0.15, -0.1) is 0 Å². The molecule has 2 heterocycles. The van der Waals surface area contributed by atoms with E-state index in [1.165, 1.54) is 12.5 Å². The van der Waals surface area contributed by atoms with Crippen molar-refractivity contribution >= 4 is 17.7 Å². The molecule has 2 aliphatic heterocycles. The third kappa shape index (κ3) is 5.00. The molecule has 8 heteroatoms. The fourth-order valence-corrected chi connectivity index (χ4v) is 10.3. The zero-order valence-electron chi connectivity index (χ0n) is 27.0. The molecule has 1 aromatic rings. The summed E-state index contributed by atoms with van der Waals surface area (Å²) < 4.78 is 31.1. The smallest absolute Gasteiger partial charge is 0.412 e. The molecule has 4 unspecified atom stereocenters. The van der Waals surface area contributed by atoms with E-state index >= 15 is 0 Å². The second-order valence-electron chi connectivity index (χ2n) is 15.7. The van der Waals surface area contributed by atoms with E-state index in [2.05, 4.69) is 46.0 Å². The molecule has 11 atom stereocenters. The van der Waals surface area contributed by atoms with Crippen molar-refractivity contribution in [2.24, 2.45) is 45.8 Å². The summed E-state index contributed by atoms with van der Waals surface area (Å²) in [6, 6.07) is 9.46. The van der Waals surface area contributed by atoms with Crippen LogP contribution in [0.4, 0.5) is 10.5 Å². The SMILES string of the molecule is CC(=O)O[C@@H]1CC2=C[C@@H](OC(=O)Nc3ccccc3)C3C4CC[C@H](C(C)C5OCC(C)(C)CO5)[C@@]4(C)CCC3[C@@]2(C)[C@H]2O[C@@H]12. The van der Waals surface area contributed by atoms with Gasteiger partial charge in [-0.3, -0.25) is 10.1 Å². The summed E-state index contributed by atoms with van der Waals surface area (Å²) in [5.41, 5.74) is 1.87. The van der Waals surface area contributed by atoms with E-state index < -0.39 is 6.09 Å². The summed E-state index contributed by atoms with van der Waals surface area (Å²) in [5, 5.41) is 2.95. The van der Waals surface area contributed by atoms with Crippen LogP contribution in [-0.2, 0) is 28.5 Å². The number of carbonyl (C=O) groups is 2. The number of hydrogen-bond donors (Lipinski definition) is 1. The Morgan fingerprint density at radius 1 is 0.977 bits per heavy atom. The Morgan fingerprint density at radius 3 is 2.41 bits per heavy atom. The number of ether oxygens (including phenoxy) is 5. The molecule has 1 amide bonds. The number of nitrogens with one attached hydrogen (secondary N) is 1. The molecule has 5 fully saturated rings. The molecule has 2 saturated heterocycles. The maximum Gasteiger partial charge on any atom is 0.412 e. The van der Waals surface area contributed by atoms with Crippen molar-refractivity contribution in [1.82, 2.24) is 0 Å². The standard InChI is InChI=1S/C36H49NO7/c1-20(32-40-18-34(3,4)19-41-32)24-12-13-25-29-26(14-15-35(24,25)5)36(6)22(17-28(42-21(2)38)30-31(36)44-30)16-27(29)43-33(39)37-23-10-8-7-9-11-23/h7-11,16,20,24-32H,12-15,17-19H2,1-6H3,(H,37,39)/t20?,24-,25?,26?,27-,28-,29?,30+,31+,35-,36+/m1/s1. The van der Waals surface area contributed by atoms with Gasteiger partial charge in [0.15, 0.2) is 6.29 Å². The van der Waals surface area contributed by atoms with Crippen molar-refractivity contribution < 1.29 is 33.3 Å². The van der Waals surface area contributed by atoms with Gasteiger partial charge in [0.25, 0.3) is 0 Å². The molecule has 0 spiro atoms. The number of anilines is 1. The number of benzene rings is 1. The fraction of sp³-hybridized carbons (Fsp3) is 0.722. The lowest BCUT2D eigenvalue weighted by Crippen LogP contribution is -2.58. The van der Waals surface area contributed by atoms with Crippen LogP contribution in [0.15, 0.2) is 42.0 Å². The maximum atomic E-state index is 13.4. The lowest BCUT2D eigenvalue weighted by atomic mass is 9.46. The molecule has 1 aromatic carbocycles. The fourth-order valence-electron chi connectivity index (χ4n) is 10.3. The molecule has 4 aliphatic carbocycles. The van der Waals surface area contributed by atoms with Crippen molar-refractivity contribution in [2.75, 3.05) is 18.5 Å². The van der Waals surface area contributed by atoms with E-state index in [0.717, 1.165) is 38.9 Å². The van der Waals surface area contributed by atoms with Crippen molar-refractivity contribution in [1.29, 1.82) is 0 Å². The van der Waals surface area contributed by atoms with E-state index in [4.69, 9.17) is 23.7 Å². The summed E-state index contributed by atoms with van der Waals surface area (Å²) >= 11 is 0. The zero-order valence-corrected chi connectivity index (χ0v) is 27.0. The monoisotopic (exact) mass is 607 g/mol. The molecular formula is C36H49NO7. The first kappa shape index (κ1) is 30.2. The van der Waals surface area contributed by atoms with Crippen LogP contribution in [0.3, 0.4) is 0 Å². The Bertz CT molecular complexity index is 1300. The van der Waals surface area contributed by atoms with Crippen LogP contribution >= 0.6 is 0 Å². The molecule has 8 nitrogen and oxygen atoms in total. The van der Waals surface area contributed by atoms with Crippen LogP contribution < -0.4 is 5.32 Å². The largest absolute Gasteiger partial charge is 0.459 e. The number of para-hydroxylation sites is 1. The summed E-state index contributed by atoms with van der Waals surface area (Å²) in [7, 11) is 0. The first-order chi connectivity index (χ1) is 20.9. The minimum absolute atomic E-state index is 0.0197. The van der Waals surface area contributed by atoms with Crippen LogP contribution in [0.25, 0.3) is 0 Å². The summed E-state index contributed by atoms with van der Waals surface area (Å²) in [6.07, 6.45) is 5.86. The van der Waals surface area contributed by atoms with Gasteiger partial charge >= 0.3 is 12.1 Å². The second kappa shape index (κ2) is 10.8. The topological polar surface area (TPSA) is 95.6 Å². The number of epoxide rings is 1. The van der Waals surface area contributed by atoms with Gasteiger partial charge in [-0.2, -0.15) is 0 Å². The molecule has 0 radical (unpaired) electrons. The predicted octanol–water partition coefficient (Wildman–Crippen LogP) is 6.75. The van der Waals surface area contributed by atoms with Gasteiger partial charge < -0.3 is 23.7 Å². The third-order valence-electron chi connectivity index (χ3n) is 12.4. The average molecular weight is 608 g/mol. The minimum Gasteiger partial charge on any atom is -0.459 e. The van der Waals surface area contributed by atoms with Crippen LogP contribution in [0.1, 0.15) is 73.6 Å². The highest BCUT2D eigenvalue weighted by molar-refractivity contribution is 5.84. The molecule has 7 rings (SSSR count). The van der Waals surface area contributed by atoms with Gasteiger partial charge in [0.2, 0.25) is 0 Å². The maximum absolute atomic E-state index is 13.4. The van der Waals surface area contributed by atoms with E-state index in [1.54, 1.807) is 0 Å². The number of carbonyl (C=O) groups excluding carboxylic acids is 2. The first-order valence-electron chi connectivity index (χ1n) is 16.7. The second-order valence-corrected chi connectivity index (χ2v) is 15.7. The van der Waals surface area contributed by atoms with Crippen LogP contribution in [0, 0.1) is 45.8 Å². The number of rotatable bonds is 5. The Hall–Kier alpha value is -2.42. The predicted molar refractivity (Wildman–Crippen MR) is 165 cm³/mol. The Morgan fingerprint density at radius 2 is 1.70 bits per heavy atom. The summed E-state index contributed by atoms with van der Waals surface area (Å²) in [4.78, 5) is 25.3. The molecular weight excluding hydrogens is 558 g/mol. The third-order valence-corrected chi connectivity index (χ3v) is 12.4. The van der Waals surface area contributed by atoms with Gasteiger partial charge in [-0.05, 0) is 67.1 Å². The normalized spacial score (nSPS) is 42.8. The van der Waals surface area contributed by atoms with Crippen LogP contribution in [0.2, 0.25) is 0 Å². The highest BCUT2D eigenvalue weighted by atomic mass is 16.7. The molecule has 44 heavy (non-hydrogen) atoms. The van der Waals surface area contributed by atoms with E-state index in [0.29, 0.717) is 29.9 Å². The lowest BCUT2D eigenvalue weighted by Gasteiger charge is -2.59. The highest BCUT2D eigenvalue weighted by Crippen LogP contribution is 2.70. The zero-order chi connectivity index (χ0) is 31.0. The van der Waals surface area contributed by atoms with Gasteiger partial charge in [-0.1, -0.05) is 58.4 Å². The first-order valence-corrected chi connectivity index (χ1v) is 16.7. The Balaban J connectivity index is 1.19. The number of fused-ring (bicyclic) bond motifs is 7. The Kier molecular flexibility index (Phi) is 7.45. The van der Waals surface area contributed by atoms with Crippen molar-refractivity contribution in [2.45, 2.75) is 104 Å². The highest BCUT2D eigenvalue weighted by Gasteiger charge is 2.70. The minimum atomic E-state index is -0.435. The van der Waals surface area contributed by atoms with Gasteiger partial charge in [0, 0.05) is 41.7 Å².